The Hall–Kier alpha value is -9.93. The summed E-state index contributed by atoms with van der Waals surface area (Å²) < 4.78 is 85.0. The van der Waals surface area contributed by atoms with Gasteiger partial charge in [-0.3, -0.25) is 4.72 Å². The van der Waals surface area contributed by atoms with Crippen molar-refractivity contribution in [1.82, 2.24) is 4.90 Å². The smallest absolute Gasteiger partial charge is 0.336 e. The number of para-hydroxylation sites is 1. The standard InChI is InChI=1S/C21H18O5.C21H18O4.C21H24O4.C19H24Cl2N2O4S.ClH/c22-20-9-8-16-19(26-20)14-18-17(10-13-24-18)21(16)25-12-5-4-11-23-15-6-2-1-3-7-15;22-20-10-9-16-19(25-20)14-18-17(11-13-23-18)21(16)24-12-5-4-8-15-6-2-1-3-7-15;1-16(4-2-5-17-8-10-23-14-17)12-20-13-19(21(22)25-20)7-3-6-18-9-11-24-15-18;1-23(10-9-14-3-8-18(20)19(21)11-14)12-16(24)13-27-17-6-4-15(5-7-17)22-28(2,25)26;/h1-3,6-10,13-14H,4-5,11-12H2;1-3,6-7,9-11,13-14H,4-5,8,12H2;7-12,14-15,20H,2-6,13H2,1H3;3-8,11,16,22,24H,9-10,12-13H2,1-2H3;1H/b;;16-12+,19-7-;;. The Morgan fingerprint density at radius 3 is 1.74 bits per heavy atom. The number of hydrogen-bond acceptors (Lipinski definition) is 18. The van der Waals surface area contributed by atoms with Gasteiger partial charge in [0.25, 0.3) is 0 Å². The van der Waals surface area contributed by atoms with Crippen LogP contribution in [-0.4, -0.2) is 89.4 Å². The van der Waals surface area contributed by atoms with E-state index in [0.29, 0.717) is 88.1 Å². The zero-order valence-electron chi connectivity index (χ0n) is 58.6. The van der Waals surface area contributed by atoms with E-state index in [0.717, 1.165) is 127 Å². The first-order valence-electron chi connectivity index (χ1n) is 34.4. The van der Waals surface area contributed by atoms with Gasteiger partial charge in [-0.2, -0.15) is 0 Å². The van der Waals surface area contributed by atoms with Gasteiger partial charge in [0.2, 0.25) is 10.0 Å². The topological polar surface area (TPSA) is 246 Å². The molecule has 0 aliphatic carbocycles. The molecule has 552 valence electrons. The molecule has 1 aliphatic heterocycles. The molecule has 19 nitrogen and oxygen atoms in total. The van der Waals surface area contributed by atoms with Crippen LogP contribution in [0.3, 0.4) is 0 Å². The maximum atomic E-state index is 12.0. The molecule has 2 atom stereocenters. The number of carbonyl (C=O) groups is 1. The van der Waals surface area contributed by atoms with Crippen molar-refractivity contribution in [2.75, 3.05) is 57.5 Å². The number of allylic oxidation sites excluding steroid dienone is 2. The molecular formula is C82H85Cl3N2O17S. The highest BCUT2D eigenvalue weighted by molar-refractivity contribution is 7.92. The van der Waals surface area contributed by atoms with Crippen molar-refractivity contribution in [3.63, 3.8) is 0 Å². The highest BCUT2D eigenvalue weighted by Gasteiger charge is 2.27. The van der Waals surface area contributed by atoms with Gasteiger partial charge in [0.1, 0.15) is 64.1 Å². The molecule has 6 aromatic heterocycles. The number of fused-ring (bicyclic) bond motifs is 4. The lowest BCUT2D eigenvalue weighted by molar-refractivity contribution is -0.137. The van der Waals surface area contributed by atoms with E-state index in [1.807, 2.05) is 90.8 Å². The molecule has 2 unspecified atom stereocenters. The fourth-order valence-electron chi connectivity index (χ4n) is 11.5. The summed E-state index contributed by atoms with van der Waals surface area (Å²) in [6.07, 6.45) is 25.5. The summed E-state index contributed by atoms with van der Waals surface area (Å²) in [6.45, 7) is 5.22. The van der Waals surface area contributed by atoms with Gasteiger partial charge in [0.05, 0.1) is 95.2 Å². The molecule has 7 heterocycles. The lowest BCUT2D eigenvalue weighted by Crippen LogP contribution is -2.34. The highest BCUT2D eigenvalue weighted by Crippen LogP contribution is 2.37. The quantitative estimate of drug-likeness (QED) is 0.0135. The van der Waals surface area contributed by atoms with Gasteiger partial charge in [-0.1, -0.05) is 89.4 Å². The fraction of sp³-hybridized carbons (Fsp3) is 0.280. The van der Waals surface area contributed by atoms with Crippen molar-refractivity contribution in [2.24, 2.45) is 0 Å². The SMILES string of the molecule is C/C(=C\C1C/C(=C/CCc2ccoc2)C(=O)O1)CCCc1ccoc1.CN(CCc1ccc(Cl)c(Cl)c1)CC(O)COc1ccc(NS(C)(=O)=O)cc1.Cl.O=c1ccc2c(OCCCCOc3ccccc3)c3ccoc3cc2o1.O=c1ccc2c(OCCCCc3ccccc3)c3ccoc3cc2o1. The van der Waals surface area contributed by atoms with E-state index in [-0.39, 0.29) is 36.7 Å². The van der Waals surface area contributed by atoms with Crippen LogP contribution in [0.25, 0.3) is 43.9 Å². The number of unbranched alkanes of at least 4 members (excludes halogenated alkanes) is 2. The molecule has 1 saturated heterocycles. The number of halogens is 3. The third kappa shape index (κ3) is 25.4. The van der Waals surface area contributed by atoms with Crippen LogP contribution < -0.4 is 34.9 Å². The van der Waals surface area contributed by atoms with Crippen LogP contribution >= 0.6 is 35.6 Å². The molecule has 12 aromatic rings. The van der Waals surface area contributed by atoms with Crippen molar-refractivity contribution in [3.05, 3.63) is 278 Å². The number of carbonyl (C=O) groups excluding carboxylic acids is 1. The monoisotopic (exact) mass is 1510 g/mol. The van der Waals surface area contributed by atoms with Crippen LogP contribution in [0.15, 0.2) is 261 Å². The maximum Gasteiger partial charge on any atom is 0.336 e. The number of esters is 1. The molecule has 0 spiro atoms. The van der Waals surface area contributed by atoms with Crippen molar-refractivity contribution >= 4 is 101 Å². The highest BCUT2D eigenvalue weighted by atomic mass is 35.5. The molecule has 0 radical (unpaired) electrons. The number of aliphatic hydroxyl groups is 1. The zero-order valence-corrected chi connectivity index (χ0v) is 61.7. The average molecular weight is 1510 g/mol. The van der Waals surface area contributed by atoms with Crippen molar-refractivity contribution < 1.29 is 68.5 Å². The predicted octanol–water partition coefficient (Wildman–Crippen LogP) is 18.4. The minimum Gasteiger partial charge on any atom is -0.494 e. The second-order valence-corrected chi connectivity index (χ2v) is 27.6. The van der Waals surface area contributed by atoms with E-state index in [1.165, 1.54) is 28.8 Å². The van der Waals surface area contributed by atoms with E-state index in [9.17, 15) is 27.9 Å². The number of benzene rings is 6. The molecule has 1 aliphatic rings. The summed E-state index contributed by atoms with van der Waals surface area (Å²) >= 11 is 11.9. The Morgan fingerprint density at radius 2 is 1.15 bits per heavy atom. The van der Waals surface area contributed by atoms with E-state index in [1.54, 1.807) is 92.2 Å². The summed E-state index contributed by atoms with van der Waals surface area (Å²) in [5, 5.41) is 14.6. The number of furan rings is 4. The normalized spacial score (nSPS) is 13.5. The Morgan fingerprint density at radius 1 is 0.590 bits per heavy atom. The van der Waals surface area contributed by atoms with Gasteiger partial charge >= 0.3 is 17.2 Å². The molecule has 2 N–H and O–H groups in total. The van der Waals surface area contributed by atoms with E-state index in [2.05, 4.69) is 42.0 Å². The van der Waals surface area contributed by atoms with Gasteiger partial charge in [-0.25, -0.2) is 22.8 Å². The Balaban J connectivity index is 0.000000162. The summed E-state index contributed by atoms with van der Waals surface area (Å²) in [4.78, 5) is 36.9. The number of cyclic esters (lactones) is 1. The van der Waals surface area contributed by atoms with Gasteiger partial charge in [-0.05, 0) is 198 Å². The zero-order chi connectivity index (χ0) is 73.1. The summed E-state index contributed by atoms with van der Waals surface area (Å²) in [5.74, 6) is 2.64. The number of sulfonamides is 1. The minimum atomic E-state index is -3.31. The second kappa shape index (κ2) is 40.4. The minimum absolute atomic E-state index is 0. The van der Waals surface area contributed by atoms with E-state index >= 15 is 0 Å². The van der Waals surface area contributed by atoms with Gasteiger partial charge < -0.3 is 60.2 Å². The molecule has 1 fully saturated rings. The lowest BCUT2D eigenvalue weighted by Gasteiger charge is -2.21. The predicted molar refractivity (Wildman–Crippen MR) is 412 cm³/mol. The van der Waals surface area contributed by atoms with Crippen LogP contribution in [0.4, 0.5) is 5.69 Å². The fourth-order valence-corrected chi connectivity index (χ4v) is 12.4. The first-order valence-corrected chi connectivity index (χ1v) is 37.1. The van der Waals surface area contributed by atoms with Crippen molar-refractivity contribution in [1.29, 1.82) is 0 Å². The number of aryl methyl sites for hydroxylation is 3. The van der Waals surface area contributed by atoms with Gasteiger partial charge in [0.15, 0.2) is 0 Å². The number of ether oxygens (including phenoxy) is 5. The van der Waals surface area contributed by atoms with E-state index in [4.69, 9.17) is 73.4 Å². The summed E-state index contributed by atoms with van der Waals surface area (Å²) in [6, 6.07) is 49.6. The maximum absolute atomic E-state index is 12.0. The van der Waals surface area contributed by atoms with Gasteiger partial charge in [-0.15, -0.1) is 12.4 Å². The number of anilines is 1. The average Bonchev–Trinajstić information content (AvgIpc) is 1.75. The van der Waals surface area contributed by atoms with Crippen LogP contribution in [0.5, 0.6) is 23.0 Å². The van der Waals surface area contributed by atoms with Gasteiger partial charge in [0, 0.05) is 55.0 Å². The Bertz CT molecular complexity index is 4960. The Kier molecular flexibility index (Phi) is 30.4. The number of hydrogen-bond donors (Lipinski definition) is 2. The number of nitrogens with zero attached hydrogens (tertiary/aromatic N) is 1. The number of aliphatic hydroxyl groups excluding tert-OH is 1. The van der Waals surface area contributed by atoms with Crippen LogP contribution in [0, 0.1) is 0 Å². The number of likely N-dealkylation sites (N-methyl/N-ethyl adjacent to an activating group) is 1. The first kappa shape index (κ1) is 79.2. The van der Waals surface area contributed by atoms with E-state index < -0.39 is 21.8 Å². The summed E-state index contributed by atoms with van der Waals surface area (Å²) in [5.41, 5.74) is 8.75. The lowest BCUT2D eigenvalue weighted by atomic mass is 10.0. The molecule has 23 heteroatoms. The molecule has 0 saturated carbocycles. The third-order valence-corrected chi connectivity index (χ3v) is 18.0. The molecule has 13 rings (SSSR count). The van der Waals surface area contributed by atoms with Crippen molar-refractivity contribution in [3.8, 4) is 23.0 Å². The number of nitrogens with one attached hydrogen (secondary N) is 1. The van der Waals surface area contributed by atoms with Crippen LogP contribution in [0.1, 0.15) is 80.5 Å². The third-order valence-electron chi connectivity index (χ3n) is 16.7. The molecular weight excluding hydrogens is 1420 g/mol. The molecule has 0 amide bonds. The molecule has 6 aromatic carbocycles. The molecule has 0 bridgehead atoms. The Labute approximate surface area is 625 Å². The largest absolute Gasteiger partial charge is 0.494 e. The second-order valence-electron chi connectivity index (χ2n) is 25.1. The van der Waals surface area contributed by atoms with Crippen molar-refractivity contribution in [2.45, 2.75) is 96.2 Å². The molecule has 105 heavy (non-hydrogen) atoms. The van der Waals surface area contributed by atoms with Crippen LogP contribution in [0.2, 0.25) is 10.0 Å². The summed E-state index contributed by atoms with van der Waals surface area (Å²) in [7, 11) is -1.39. The number of rotatable bonds is 31. The van der Waals surface area contributed by atoms with Crippen LogP contribution in [-0.2, 0) is 45.2 Å². The first-order chi connectivity index (χ1) is 50.4.